The lowest BCUT2D eigenvalue weighted by Gasteiger charge is -2.24. The number of halogens is 1. The summed E-state index contributed by atoms with van der Waals surface area (Å²) in [6.07, 6.45) is 0. The van der Waals surface area contributed by atoms with Crippen molar-refractivity contribution >= 4 is 56.0 Å². The Morgan fingerprint density at radius 2 is 1.74 bits per heavy atom. The predicted octanol–water partition coefficient (Wildman–Crippen LogP) is 6.67. The van der Waals surface area contributed by atoms with Gasteiger partial charge >= 0.3 is 5.69 Å². The number of anilines is 2. The van der Waals surface area contributed by atoms with E-state index in [0.29, 0.717) is 18.8 Å². The summed E-state index contributed by atoms with van der Waals surface area (Å²) in [5.74, 6) is -0.327. The van der Waals surface area contributed by atoms with Gasteiger partial charge in [0.1, 0.15) is 5.69 Å². The molecule has 35 heavy (non-hydrogen) atoms. The zero-order valence-electron chi connectivity index (χ0n) is 18.8. The summed E-state index contributed by atoms with van der Waals surface area (Å²) < 4.78 is 0.0415. The van der Waals surface area contributed by atoms with Gasteiger partial charge in [0.2, 0.25) is 5.91 Å². The Morgan fingerprint density at radius 1 is 1.03 bits per heavy atom. The van der Waals surface area contributed by atoms with Crippen molar-refractivity contribution in [1.82, 2.24) is 0 Å². The number of non-ortho nitro benzene ring substituents is 1. The molecule has 0 spiro atoms. The lowest BCUT2D eigenvalue weighted by atomic mass is 10.1. The topological polar surface area (TPSA) is 143 Å². The Hall–Kier alpha value is -4.19. The van der Waals surface area contributed by atoms with E-state index in [4.69, 9.17) is 0 Å². The van der Waals surface area contributed by atoms with Crippen molar-refractivity contribution in [3.8, 4) is 0 Å². The summed E-state index contributed by atoms with van der Waals surface area (Å²) in [5.41, 5.74) is 1.37. The summed E-state index contributed by atoms with van der Waals surface area (Å²) in [6.45, 7) is 4.73. The van der Waals surface area contributed by atoms with Crippen LogP contribution in [0.25, 0.3) is 0 Å². The number of azo groups is 1. The molecule has 0 saturated carbocycles. The number of carbonyl (C=O) groups excluding carboxylic acids is 1. The van der Waals surface area contributed by atoms with Gasteiger partial charge in [-0.15, -0.1) is 10.2 Å². The fraction of sp³-hybridized carbons (Fsp3) is 0.174. The quantitative estimate of drug-likeness (QED) is 0.182. The minimum atomic E-state index is -0.771. The number of amides is 1. The van der Waals surface area contributed by atoms with E-state index in [9.17, 15) is 25.0 Å². The molecule has 0 aliphatic carbocycles. The zero-order valence-corrected chi connectivity index (χ0v) is 20.4. The van der Waals surface area contributed by atoms with Crippen LogP contribution >= 0.6 is 15.9 Å². The maximum atomic E-state index is 11.8. The first-order valence-electron chi connectivity index (χ1n) is 10.4. The van der Waals surface area contributed by atoms with Crippen LogP contribution in [-0.4, -0.2) is 22.3 Å². The fourth-order valence-corrected chi connectivity index (χ4v) is 3.82. The van der Waals surface area contributed by atoms with Gasteiger partial charge < -0.3 is 10.2 Å². The van der Waals surface area contributed by atoms with Crippen molar-refractivity contribution in [3.63, 3.8) is 0 Å². The lowest BCUT2D eigenvalue weighted by molar-refractivity contribution is -0.393. The molecule has 0 aliphatic heterocycles. The van der Waals surface area contributed by atoms with Gasteiger partial charge in [-0.05, 0) is 46.6 Å². The predicted molar refractivity (Wildman–Crippen MR) is 136 cm³/mol. The number of rotatable bonds is 9. The highest BCUT2D eigenvalue weighted by molar-refractivity contribution is 9.10. The average molecular weight is 541 g/mol. The smallest absolute Gasteiger partial charge is 0.304 e. The minimum absolute atomic E-state index is 0.0415. The molecule has 3 aromatic rings. The molecular weight excluding hydrogens is 520 g/mol. The fourth-order valence-electron chi connectivity index (χ4n) is 3.31. The molecule has 0 saturated heterocycles. The molecule has 12 heteroatoms. The van der Waals surface area contributed by atoms with Gasteiger partial charge in [0.25, 0.3) is 5.69 Å². The Bertz CT molecular complexity index is 1300. The second-order valence-corrected chi connectivity index (χ2v) is 8.25. The van der Waals surface area contributed by atoms with Crippen molar-refractivity contribution in [3.05, 3.63) is 90.9 Å². The average Bonchev–Trinajstić information content (AvgIpc) is 2.82. The highest BCUT2D eigenvalue weighted by Gasteiger charge is 2.23. The molecule has 0 aromatic heterocycles. The SMILES string of the molecule is CCN(Cc1ccccc1)c1ccc(N=Nc2c(Br)cc([N+](=O)[O-])cc2[N+](=O)[O-])c(NC(C)=O)c1. The molecule has 0 fully saturated rings. The molecule has 0 heterocycles. The Kier molecular flexibility index (Phi) is 8.21. The molecule has 0 atom stereocenters. The Balaban J connectivity index is 2.00. The van der Waals surface area contributed by atoms with Gasteiger partial charge in [0, 0.05) is 31.8 Å². The van der Waals surface area contributed by atoms with Crippen LogP contribution in [-0.2, 0) is 11.3 Å². The number of benzene rings is 3. The lowest BCUT2D eigenvalue weighted by Crippen LogP contribution is -2.22. The maximum absolute atomic E-state index is 11.8. The summed E-state index contributed by atoms with van der Waals surface area (Å²) >= 11 is 3.10. The first-order valence-corrected chi connectivity index (χ1v) is 11.2. The molecule has 0 bridgehead atoms. The van der Waals surface area contributed by atoms with Crippen LogP contribution in [0.1, 0.15) is 19.4 Å². The third-order valence-corrected chi connectivity index (χ3v) is 5.55. The third kappa shape index (κ3) is 6.44. The van der Waals surface area contributed by atoms with Crippen LogP contribution in [0.2, 0.25) is 0 Å². The van der Waals surface area contributed by atoms with E-state index in [1.54, 1.807) is 12.1 Å². The number of nitrogens with one attached hydrogen (secondary N) is 1. The summed E-state index contributed by atoms with van der Waals surface area (Å²) in [5, 5.41) is 33.3. The van der Waals surface area contributed by atoms with Crippen molar-refractivity contribution in [2.45, 2.75) is 20.4 Å². The van der Waals surface area contributed by atoms with Gasteiger partial charge in [0.15, 0.2) is 5.69 Å². The summed E-state index contributed by atoms with van der Waals surface area (Å²) in [4.78, 5) is 35.0. The van der Waals surface area contributed by atoms with E-state index in [2.05, 4.69) is 36.4 Å². The zero-order chi connectivity index (χ0) is 25.5. The van der Waals surface area contributed by atoms with Crippen molar-refractivity contribution in [1.29, 1.82) is 0 Å². The van der Waals surface area contributed by atoms with Crippen LogP contribution in [0, 0.1) is 20.2 Å². The minimum Gasteiger partial charge on any atom is -0.367 e. The highest BCUT2D eigenvalue weighted by atomic mass is 79.9. The number of hydrogen-bond donors (Lipinski definition) is 1. The van der Waals surface area contributed by atoms with Crippen LogP contribution < -0.4 is 10.2 Å². The highest BCUT2D eigenvalue weighted by Crippen LogP contribution is 2.40. The largest absolute Gasteiger partial charge is 0.367 e. The van der Waals surface area contributed by atoms with Crippen LogP contribution in [0.15, 0.2) is 75.4 Å². The van der Waals surface area contributed by atoms with Crippen LogP contribution in [0.4, 0.5) is 34.1 Å². The molecule has 0 aliphatic rings. The van der Waals surface area contributed by atoms with Crippen molar-refractivity contribution in [2.75, 3.05) is 16.8 Å². The van der Waals surface area contributed by atoms with Crippen molar-refractivity contribution in [2.24, 2.45) is 10.2 Å². The number of nitrogens with zero attached hydrogens (tertiary/aromatic N) is 5. The maximum Gasteiger partial charge on any atom is 0.304 e. The van der Waals surface area contributed by atoms with Gasteiger partial charge in [-0.25, -0.2) is 0 Å². The van der Waals surface area contributed by atoms with E-state index in [0.717, 1.165) is 23.4 Å². The second-order valence-electron chi connectivity index (χ2n) is 7.39. The van der Waals surface area contributed by atoms with Crippen molar-refractivity contribution < 1.29 is 14.6 Å². The summed E-state index contributed by atoms with van der Waals surface area (Å²) in [6, 6.07) is 17.1. The molecule has 3 aromatic carbocycles. The molecule has 180 valence electrons. The van der Waals surface area contributed by atoms with Crippen LogP contribution in [0.3, 0.4) is 0 Å². The molecule has 1 N–H and O–H groups in total. The van der Waals surface area contributed by atoms with Gasteiger partial charge in [-0.1, -0.05) is 30.3 Å². The molecule has 0 unspecified atom stereocenters. The number of nitro benzene ring substituents is 2. The molecule has 11 nitrogen and oxygen atoms in total. The standard InChI is InChI=1S/C23H21BrN6O5/c1-3-28(14-16-7-5-4-6-8-16)17-9-10-20(21(12-17)25-15(2)31)26-27-23-19(24)11-18(29(32)33)13-22(23)30(34)35/h4-13H,3,14H2,1-2H3,(H,25,31). The van der Waals surface area contributed by atoms with E-state index >= 15 is 0 Å². The second kappa shape index (κ2) is 11.3. The Labute approximate surface area is 208 Å². The van der Waals surface area contributed by atoms with E-state index in [1.165, 1.54) is 6.92 Å². The van der Waals surface area contributed by atoms with E-state index < -0.39 is 21.2 Å². The van der Waals surface area contributed by atoms with E-state index in [-0.39, 0.29) is 21.8 Å². The van der Waals surface area contributed by atoms with Gasteiger partial charge in [-0.2, -0.15) is 0 Å². The normalized spacial score (nSPS) is 10.8. The monoisotopic (exact) mass is 540 g/mol. The molecular formula is C23H21BrN6O5. The Morgan fingerprint density at radius 3 is 2.34 bits per heavy atom. The number of hydrogen-bond acceptors (Lipinski definition) is 8. The van der Waals surface area contributed by atoms with E-state index in [1.807, 2.05) is 43.3 Å². The molecule has 3 rings (SSSR count). The first kappa shape index (κ1) is 25.4. The third-order valence-electron chi connectivity index (χ3n) is 4.95. The molecule has 1 amide bonds. The first-order chi connectivity index (χ1) is 16.7. The summed E-state index contributed by atoms with van der Waals surface area (Å²) in [7, 11) is 0. The molecule has 0 radical (unpaired) electrons. The number of nitro groups is 2. The van der Waals surface area contributed by atoms with Gasteiger partial charge in [0.05, 0.1) is 26.1 Å². The van der Waals surface area contributed by atoms with Crippen LogP contribution in [0.5, 0.6) is 0 Å². The van der Waals surface area contributed by atoms with Gasteiger partial charge in [-0.3, -0.25) is 25.0 Å². The number of carbonyl (C=O) groups is 1.